The van der Waals surface area contributed by atoms with Crippen molar-refractivity contribution in [2.45, 2.75) is 25.5 Å². The number of aliphatic carboxylic acids is 1. The number of carboxylic acids is 1. The molecule has 1 aliphatic rings. The molecule has 132 valence electrons. The van der Waals surface area contributed by atoms with Crippen molar-refractivity contribution in [1.29, 1.82) is 0 Å². The number of carbonyl (C=O) groups excluding carboxylic acids is 1. The predicted octanol–water partition coefficient (Wildman–Crippen LogP) is 0.489. The van der Waals surface area contributed by atoms with Crippen LogP contribution >= 0.6 is 0 Å². The maximum atomic E-state index is 12.4. The van der Waals surface area contributed by atoms with E-state index in [1.165, 1.54) is 10.9 Å². The summed E-state index contributed by atoms with van der Waals surface area (Å²) in [5.41, 5.74) is 0.448. The van der Waals surface area contributed by atoms with E-state index in [2.05, 4.69) is 4.98 Å². The Morgan fingerprint density at radius 1 is 1.32 bits per heavy atom. The van der Waals surface area contributed by atoms with Crippen LogP contribution in [0.5, 0.6) is 0 Å². The first-order valence-electron chi connectivity index (χ1n) is 8.10. The van der Waals surface area contributed by atoms with Gasteiger partial charge in [-0.05, 0) is 12.1 Å². The van der Waals surface area contributed by atoms with E-state index >= 15 is 0 Å². The van der Waals surface area contributed by atoms with E-state index in [-0.39, 0.29) is 37.4 Å². The SMILES string of the molecule is O=C(O)CC1CN(C(=O)CCn2cnc3ccccc3c2=O)CCO1. The molecule has 1 atom stereocenters. The monoisotopic (exact) mass is 345 g/mol. The second-order valence-electron chi connectivity index (χ2n) is 5.94. The van der Waals surface area contributed by atoms with Crippen LogP contribution in [0.25, 0.3) is 10.9 Å². The molecule has 1 aromatic heterocycles. The number of aromatic nitrogens is 2. The number of fused-ring (bicyclic) bond motifs is 1. The minimum atomic E-state index is -0.951. The van der Waals surface area contributed by atoms with Crippen molar-refractivity contribution in [3.8, 4) is 0 Å². The lowest BCUT2D eigenvalue weighted by Crippen LogP contribution is -2.46. The highest BCUT2D eigenvalue weighted by atomic mass is 16.5. The summed E-state index contributed by atoms with van der Waals surface area (Å²) in [4.78, 5) is 41.4. The molecule has 1 saturated heterocycles. The van der Waals surface area contributed by atoms with Crippen molar-refractivity contribution in [2.75, 3.05) is 19.7 Å². The maximum absolute atomic E-state index is 12.4. The van der Waals surface area contributed by atoms with Crippen molar-refractivity contribution in [3.63, 3.8) is 0 Å². The van der Waals surface area contributed by atoms with Gasteiger partial charge >= 0.3 is 5.97 Å². The van der Waals surface area contributed by atoms with Gasteiger partial charge in [-0.1, -0.05) is 12.1 Å². The number of para-hydroxylation sites is 1. The van der Waals surface area contributed by atoms with Gasteiger partial charge in [0.25, 0.3) is 5.56 Å². The van der Waals surface area contributed by atoms with E-state index in [1.54, 1.807) is 23.1 Å². The van der Waals surface area contributed by atoms with Crippen molar-refractivity contribution in [1.82, 2.24) is 14.5 Å². The summed E-state index contributed by atoms with van der Waals surface area (Å²) in [7, 11) is 0. The first kappa shape index (κ1) is 17.1. The van der Waals surface area contributed by atoms with Gasteiger partial charge in [0.1, 0.15) is 0 Å². The number of hydrogen-bond donors (Lipinski definition) is 1. The molecule has 8 nitrogen and oxygen atoms in total. The first-order chi connectivity index (χ1) is 12.0. The highest BCUT2D eigenvalue weighted by Crippen LogP contribution is 2.11. The zero-order valence-electron chi connectivity index (χ0n) is 13.6. The average molecular weight is 345 g/mol. The molecule has 25 heavy (non-hydrogen) atoms. The van der Waals surface area contributed by atoms with Crippen LogP contribution in [0.1, 0.15) is 12.8 Å². The quantitative estimate of drug-likeness (QED) is 0.846. The lowest BCUT2D eigenvalue weighted by molar-refractivity contribution is -0.147. The lowest BCUT2D eigenvalue weighted by Gasteiger charge is -2.32. The van der Waals surface area contributed by atoms with Crippen LogP contribution in [0.15, 0.2) is 35.4 Å². The van der Waals surface area contributed by atoms with E-state index in [0.717, 1.165) is 0 Å². The molecule has 1 amide bonds. The van der Waals surface area contributed by atoms with Gasteiger partial charge in [-0.25, -0.2) is 4.98 Å². The zero-order valence-corrected chi connectivity index (χ0v) is 13.6. The molecule has 1 fully saturated rings. The molecular weight excluding hydrogens is 326 g/mol. The van der Waals surface area contributed by atoms with Crippen LogP contribution < -0.4 is 5.56 Å². The van der Waals surface area contributed by atoms with Gasteiger partial charge < -0.3 is 14.7 Å². The second kappa shape index (κ2) is 7.43. The molecule has 0 bridgehead atoms. The summed E-state index contributed by atoms with van der Waals surface area (Å²) in [6.07, 6.45) is 0.988. The van der Waals surface area contributed by atoms with Gasteiger partial charge in [0.2, 0.25) is 5.91 Å². The van der Waals surface area contributed by atoms with E-state index in [9.17, 15) is 14.4 Å². The second-order valence-corrected chi connectivity index (χ2v) is 5.94. The van der Waals surface area contributed by atoms with Gasteiger partial charge in [0.15, 0.2) is 0 Å². The van der Waals surface area contributed by atoms with Gasteiger partial charge in [-0.15, -0.1) is 0 Å². The fourth-order valence-electron chi connectivity index (χ4n) is 2.90. The lowest BCUT2D eigenvalue weighted by atomic mass is 10.2. The number of ether oxygens (including phenoxy) is 1. The van der Waals surface area contributed by atoms with E-state index in [1.807, 2.05) is 6.07 Å². The van der Waals surface area contributed by atoms with Crippen molar-refractivity contribution in [3.05, 3.63) is 40.9 Å². The number of rotatable bonds is 5. The highest BCUT2D eigenvalue weighted by Gasteiger charge is 2.25. The smallest absolute Gasteiger partial charge is 0.306 e. The Hall–Kier alpha value is -2.74. The summed E-state index contributed by atoms with van der Waals surface area (Å²) in [5.74, 6) is -1.08. The zero-order chi connectivity index (χ0) is 17.8. The number of amides is 1. The number of morpholine rings is 1. The van der Waals surface area contributed by atoms with Crippen LogP contribution in [0.3, 0.4) is 0 Å². The summed E-state index contributed by atoms with van der Waals surface area (Å²) < 4.78 is 6.79. The Kier molecular flexibility index (Phi) is 5.08. The van der Waals surface area contributed by atoms with E-state index in [0.29, 0.717) is 24.1 Å². The van der Waals surface area contributed by atoms with E-state index in [4.69, 9.17) is 9.84 Å². The largest absolute Gasteiger partial charge is 0.481 e. The van der Waals surface area contributed by atoms with Gasteiger partial charge in [-0.2, -0.15) is 0 Å². The average Bonchev–Trinajstić information content (AvgIpc) is 2.61. The fraction of sp³-hybridized carbons (Fsp3) is 0.412. The number of aryl methyl sites for hydroxylation is 1. The fourth-order valence-corrected chi connectivity index (χ4v) is 2.90. The van der Waals surface area contributed by atoms with Crippen molar-refractivity contribution < 1.29 is 19.4 Å². The summed E-state index contributed by atoms with van der Waals surface area (Å²) in [6.45, 7) is 1.24. The maximum Gasteiger partial charge on any atom is 0.306 e. The predicted molar refractivity (Wildman–Crippen MR) is 89.2 cm³/mol. The molecule has 3 rings (SSSR count). The standard InChI is InChI=1S/C17H19N3O5/c21-15(19-7-8-25-12(10-19)9-16(22)23)5-6-20-11-18-14-4-2-1-3-13(14)17(20)24/h1-4,11-12H,5-10H2,(H,22,23). The summed E-state index contributed by atoms with van der Waals surface area (Å²) >= 11 is 0. The van der Waals surface area contributed by atoms with Crippen molar-refractivity contribution in [2.24, 2.45) is 0 Å². The molecule has 0 saturated carbocycles. The van der Waals surface area contributed by atoms with Crippen LogP contribution in [-0.2, 0) is 20.9 Å². The van der Waals surface area contributed by atoms with Gasteiger partial charge in [-0.3, -0.25) is 19.0 Å². The highest BCUT2D eigenvalue weighted by molar-refractivity contribution is 5.78. The molecule has 2 heterocycles. The van der Waals surface area contributed by atoms with E-state index < -0.39 is 12.1 Å². The molecule has 8 heteroatoms. The number of nitrogens with zero attached hydrogens (tertiary/aromatic N) is 3. The number of hydrogen-bond acceptors (Lipinski definition) is 5. The minimum absolute atomic E-state index is 0.126. The third kappa shape index (κ3) is 4.03. The van der Waals surface area contributed by atoms with Crippen LogP contribution in [0.4, 0.5) is 0 Å². The molecular formula is C17H19N3O5. The summed E-state index contributed by atoms with van der Waals surface area (Å²) in [5, 5.41) is 9.35. The van der Waals surface area contributed by atoms with Crippen LogP contribution in [0, 0.1) is 0 Å². The minimum Gasteiger partial charge on any atom is -0.481 e. The number of carbonyl (C=O) groups is 2. The third-order valence-electron chi connectivity index (χ3n) is 4.19. The number of benzene rings is 1. The Balaban J connectivity index is 1.63. The third-order valence-corrected chi connectivity index (χ3v) is 4.19. The molecule has 0 spiro atoms. The molecule has 1 unspecified atom stereocenters. The normalized spacial score (nSPS) is 17.6. The molecule has 1 N–H and O–H groups in total. The molecule has 1 aliphatic heterocycles. The Labute approximate surface area is 143 Å². The summed E-state index contributed by atoms with van der Waals surface area (Å²) in [6, 6.07) is 7.07. The topological polar surface area (TPSA) is 102 Å². The Bertz CT molecular complexity index is 848. The van der Waals surface area contributed by atoms with Crippen LogP contribution in [0.2, 0.25) is 0 Å². The van der Waals surface area contributed by atoms with Gasteiger partial charge in [0.05, 0.1) is 36.4 Å². The first-order valence-corrected chi connectivity index (χ1v) is 8.10. The van der Waals surface area contributed by atoms with Crippen molar-refractivity contribution >= 4 is 22.8 Å². The number of carboxylic acid groups (broad SMARTS) is 1. The molecule has 0 aliphatic carbocycles. The molecule has 2 aromatic rings. The Morgan fingerprint density at radius 2 is 2.12 bits per heavy atom. The Morgan fingerprint density at radius 3 is 2.92 bits per heavy atom. The molecule has 0 radical (unpaired) electrons. The molecule has 1 aromatic carbocycles. The van der Waals surface area contributed by atoms with Crippen LogP contribution in [-0.4, -0.2) is 57.2 Å². The van der Waals surface area contributed by atoms with Gasteiger partial charge in [0, 0.05) is 26.1 Å².